The van der Waals surface area contributed by atoms with Crippen LogP contribution in [0.1, 0.15) is 49.5 Å². The Hall–Kier alpha value is -2.37. The van der Waals surface area contributed by atoms with Crippen LogP contribution in [0.5, 0.6) is 0 Å². The highest BCUT2D eigenvalue weighted by Crippen LogP contribution is 2.25. The zero-order valence-electron chi connectivity index (χ0n) is 15.8. The number of aryl methyl sites for hydroxylation is 1. The number of hydrogen-bond donors (Lipinski definition) is 1. The van der Waals surface area contributed by atoms with E-state index in [-0.39, 0.29) is 17.7 Å². The smallest absolute Gasteiger partial charge is 0.253 e. The molecule has 2 heterocycles. The molecule has 6 nitrogen and oxygen atoms in total. The van der Waals surface area contributed by atoms with Gasteiger partial charge < -0.3 is 15.1 Å². The van der Waals surface area contributed by atoms with Crippen LogP contribution < -0.4 is 5.32 Å². The molecule has 1 aromatic carbocycles. The van der Waals surface area contributed by atoms with Crippen molar-refractivity contribution in [3.8, 4) is 0 Å². The maximum Gasteiger partial charge on any atom is 0.253 e. The topological polar surface area (TPSA) is 69.7 Å². The summed E-state index contributed by atoms with van der Waals surface area (Å²) >= 11 is 0. The number of carbonyl (C=O) groups excluding carboxylic acids is 3. The molecule has 140 valence electrons. The fourth-order valence-corrected chi connectivity index (χ4v) is 3.50. The van der Waals surface area contributed by atoms with Crippen molar-refractivity contribution in [2.75, 3.05) is 31.5 Å². The van der Waals surface area contributed by atoms with Gasteiger partial charge in [-0.05, 0) is 36.6 Å². The van der Waals surface area contributed by atoms with Crippen LogP contribution in [0.25, 0.3) is 0 Å². The molecule has 0 atom stereocenters. The van der Waals surface area contributed by atoms with E-state index >= 15 is 0 Å². The van der Waals surface area contributed by atoms with E-state index in [9.17, 15) is 14.4 Å². The molecule has 0 unspecified atom stereocenters. The first kappa shape index (κ1) is 18.4. The van der Waals surface area contributed by atoms with E-state index in [0.717, 1.165) is 17.7 Å². The number of hydrogen-bond acceptors (Lipinski definition) is 3. The fraction of sp³-hybridized carbons (Fsp3) is 0.550. The second-order valence-electron chi connectivity index (χ2n) is 8.11. The standard InChI is InChI=1S/C20H27N3O3/c1-20(2,3)19(26)23-10-4-9-22(11-12-23)18(25)15-5-7-16-14(13-15)6-8-17(24)21-16/h5,7,13H,4,6,8-12H2,1-3H3,(H,21,24). The van der Waals surface area contributed by atoms with Crippen molar-refractivity contribution in [2.24, 2.45) is 5.41 Å². The third-order valence-electron chi connectivity index (χ3n) is 4.96. The van der Waals surface area contributed by atoms with Gasteiger partial charge in [0.25, 0.3) is 5.91 Å². The third kappa shape index (κ3) is 3.89. The number of nitrogens with zero attached hydrogens (tertiary/aromatic N) is 2. The van der Waals surface area contributed by atoms with Crippen LogP contribution in [-0.4, -0.2) is 53.7 Å². The number of carbonyl (C=O) groups is 3. The number of rotatable bonds is 1. The molecular weight excluding hydrogens is 330 g/mol. The first-order chi connectivity index (χ1) is 12.3. The fourth-order valence-electron chi connectivity index (χ4n) is 3.50. The van der Waals surface area contributed by atoms with Crippen molar-refractivity contribution < 1.29 is 14.4 Å². The highest BCUT2D eigenvalue weighted by atomic mass is 16.2. The van der Waals surface area contributed by atoms with E-state index in [1.807, 2.05) is 42.7 Å². The number of fused-ring (bicyclic) bond motifs is 1. The molecule has 6 heteroatoms. The lowest BCUT2D eigenvalue weighted by molar-refractivity contribution is -0.139. The highest BCUT2D eigenvalue weighted by molar-refractivity contribution is 5.98. The zero-order valence-corrected chi connectivity index (χ0v) is 15.8. The molecule has 26 heavy (non-hydrogen) atoms. The lowest BCUT2D eigenvalue weighted by Crippen LogP contribution is -2.42. The van der Waals surface area contributed by atoms with Gasteiger partial charge in [0, 0.05) is 49.3 Å². The first-order valence-electron chi connectivity index (χ1n) is 9.27. The lowest BCUT2D eigenvalue weighted by Gasteiger charge is -2.28. The summed E-state index contributed by atoms with van der Waals surface area (Å²) in [6.07, 6.45) is 1.91. The second-order valence-corrected chi connectivity index (χ2v) is 8.11. The van der Waals surface area contributed by atoms with Crippen LogP contribution in [0.2, 0.25) is 0 Å². The maximum atomic E-state index is 12.9. The van der Waals surface area contributed by atoms with Gasteiger partial charge in [0.1, 0.15) is 0 Å². The van der Waals surface area contributed by atoms with Crippen molar-refractivity contribution in [1.29, 1.82) is 0 Å². The predicted molar refractivity (Wildman–Crippen MR) is 99.9 cm³/mol. The van der Waals surface area contributed by atoms with E-state index in [0.29, 0.717) is 44.6 Å². The molecule has 0 radical (unpaired) electrons. The number of benzene rings is 1. The number of nitrogens with one attached hydrogen (secondary N) is 1. The minimum Gasteiger partial charge on any atom is -0.340 e. The van der Waals surface area contributed by atoms with Gasteiger partial charge in [-0.15, -0.1) is 0 Å². The van der Waals surface area contributed by atoms with Gasteiger partial charge >= 0.3 is 0 Å². The SMILES string of the molecule is CC(C)(C)C(=O)N1CCCN(C(=O)c2ccc3c(c2)CCC(=O)N3)CC1. The number of amides is 3. The Labute approximate surface area is 154 Å². The monoisotopic (exact) mass is 357 g/mol. The van der Waals surface area contributed by atoms with E-state index in [1.54, 1.807) is 6.07 Å². The molecule has 2 aliphatic rings. The Bertz CT molecular complexity index is 736. The zero-order chi connectivity index (χ0) is 18.9. The average Bonchev–Trinajstić information content (AvgIpc) is 2.85. The van der Waals surface area contributed by atoms with Gasteiger partial charge in [-0.2, -0.15) is 0 Å². The molecular formula is C20H27N3O3. The van der Waals surface area contributed by atoms with Gasteiger partial charge in [0.15, 0.2) is 0 Å². The molecule has 1 N–H and O–H groups in total. The highest BCUT2D eigenvalue weighted by Gasteiger charge is 2.29. The molecule has 1 aromatic rings. The Balaban J connectivity index is 1.69. The van der Waals surface area contributed by atoms with Crippen LogP contribution in [-0.2, 0) is 16.0 Å². The summed E-state index contributed by atoms with van der Waals surface area (Å²) in [5.41, 5.74) is 2.06. The minimum atomic E-state index is -0.401. The number of anilines is 1. The Kier molecular flexibility index (Phi) is 5.03. The van der Waals surface area contributed by atoms with E-state index in [1.165, 1.54) is 0 Å². The van der Waals surface area contributed by atoms with Gasteiger partial charge in [-0.3, -0.25) is 14.4 Å². The molecule has 0 spiro atoms. The Morgan fingerprint density at radius 3 is 2.42 bits per heavy atom. The lowest BCUT2D eigenvalue weighted by atomic mass is 9.94. The van der Waals surface area contributed by atoms with Crippen LogP contribution in [0, 0.1) is 5.41 Å². The summed E-state index contributed by atoms with van der Waals surface area (Å²) in [6.45, 7) is 8.24. The van der Waals surface area contributed by atoms with Crippen LogP contribution >= 0.6 is 0 Å². The Morgan fingerprint density at radius 2 is 1.69 bits per heavy atom. The summed E-state index contributed by atoms with van der Waals surface area (Å²) in [5.74, 6) is 0.152. The summed E-state index contributed by atoms with van der Waals surface area (Å²) in [7, 11) is 0. The largest absolute Gasteiger partial charge is 0.340 e. The molecule has 0 bridgehead atoms. The van der Waals surface area contributed by atoms with E-state index in [2.05, 4.69) is 5.32 Å². The maximum absolute atomic E-state index is 12.9. The molecule has 1 fully saturated rings. The molecule has 3 rings (SSSR count). The van der Waals surface area contributed by atoms with Crippen LogP contribution in [0.15, 0.2) is 18.2 Å². The first-order valence-corrected chi connectivity index (χ1v) is 9.27. The van der Waals surface area contributed by atoms with E-state index < -0.39 is 5.41 Å². The van der Waals surface area contributed by atoms with Gasteiger partial charge in [-0.25, -0.2) is 0 Å². The van der Waals surface area contributed by atoms with Crippen molar-refractivity contribution >= 4 is 23.4 Å². The van der Waals surface area contributed by atoms with Crippen LogP contribution in [0.3, 0.4) is 0 Å². The van der Waals surface area contributed by atoms with Gasteiger partial charge in [0.2, 0.25) is 11.8 Å². The second kappa shape index (κ2) is 7.09. The van der Waals surface area contributed by atoms with E-state index in [4.69, 9.17) is 0 Å². The third-order valence-corrected chi connectivity index (χ3v) is 4.96. The molecule has 2 aliphatic heterocycles. The molecule has 3 amide bonds. The summed E-state index contributed by atoms with van der Waals surface area (Å²) < 4.78 is 0. The van der Waals surface area contributed by atoms with Gasteiger partial charge in [0.05, 0.1) is 0 Å². The quantitative estimate of drug-likeness (QED) is 0.838. The summed E-state index contributed by atoms with van der Waals surface area (Å²) in [5, 5.41) is 2.84. The van der Waals surface area contributed by atoms with Crippen molar-refractivity contribution in [3.63, 3.8) is 0 Å². The molecule has 0 aromatic heterocycles. The molecule has 0 saturated carbocycles. The summed E-state index contributed by atoms with van der Waals surface area (Å²) in [4.78, 5) is 40.6. The van der Waals surface area contributed by atoms with Gasteiger partial charge in [-0.1, -0.05) is 20.8 Å². The Morgan fingerprint density at radius 1 is 1.00 bits per heavy atom. The van der Waals surface area contributed by atoms with Crippen molar-refractivity contribution in [2.45, 2.75) is 40.0 Å². The minimum absolute atomic E-state index is 0.00485. The predicted octanol–water partition coefficient (Wildman–Crippen LogP) is 2.29. The van der Waals surface area contributed by atoms with Crippen molar-refractivity contribution in [1.82, 2.24) is 9.80 Å². The molecule has 0 aliphatic carbocycles. The molecule has 1 saturated heterocycles. The average molecular weight is 357 g/mol. The van der Waals surface area contributed by atoms with Crippen molar-refractivity contribution in [3.05, 3.63) is 29.3 Å². The summed E-state index contributed by atoms with van der Waals surface area (Å²) in [6, 6.07) is 5.47. The van der Waals surface area contributed by atoms with Crippen LogP contribution in [0.4, 0.5) is 5.69 Å². The normalized spacial score (nSPS) is 18.0.